The quantitative estimate of drug-likeness (QED) is 0.424. The predicted octanol–water partition coefficient (Wildman–Crippen LogP) is 3.18. The van der Waals surface area contributed by atoms with E-state index in [1.54, 1.807) is 0 Å². The summed E-state index contributed by atoms with van der Waals surface area (Å²) in [4.78, 5) is 0. The topological polar surface area (TPSA) is 0 Å². The molecule has 0 aliphatic carbocycles. The summed E-state index contributed by atoms with van der Waals surface area (Å²) in [5, 5.41) is 0. The average Bonchev–Trinajstić information content (AvgIpc) is 2.20. The molecule has 0 spiro atoms. The first-order valence-corrected chi connectivity index (χ1v) is 0. The zero-order valence-corrected chi connectivity index (χ0v) is 5.00. The molecule has 0 unspecified atom stereocenters. The van der Waals surface area contributed by atoms with Crippen LogP contribution in [0.4, 0.5) is 0 Å². The first-order valence-electron chi connectivity index (χ1n) is 5.00. The van der Waals surface area contributed by atoms with E-state index < -0.39 is 0 Å². The van der Waals surface area contributed by atoms with Crippen LogP contribution in [-0.2, 0) is 0 Å². The molecule has 0 fully saturated rings. The minimum atomic E-state index is 1.25. The third kappa shape index (κ3) is 0. The second kappa shape index (κ2) is 0. The highest BCUT2D eigenvalue weighted by molar-refractivity contribution is 2.51. The molecule has 0 aromatic heterocycles. The summed E-state index contributed by atoms with van der Waals surface area (Å²) in [5.41, 5.74) is 0. The molecular formula is C5H20. The van der Waals surface area contributed by atoms with Crippen LogP contribution in [0.15, 0.2) is 0 Å². The van der Waals surface area contributed by atoms with Crippen molar-refractivity contribution in [3.63, 3.8) is 0 Å². The average molecular weight is 85.2 g/mol. The molecule has 0 saturated carbocycles. The molecule has 0 aromatic rings. The molecule has 40 valence electrons. The third-order valence-electron chi connectivity index (χ3n) is 0. The van der Waals surface area contributed by atoms with E-state index in [0.717, 1.165) is 0 Å². The van der Waals surface area contributed by atoms with Crippen molar-refractivity contribution in [2.45, 2.75) is 37.0 Å². The van der Waals surface area contributed by atoms with Crippen molar-refractivity contribution < 1.29 is 6.85 Å². The van der Waals surface area contributed by atoms with Crippen molar-refractivity contribution in [1.82, 2.24) is 0 Å². The van der Waals surface area contributed by atoms with E-state index in [-0.39, 0.29) is 0 Å². The molecule has 0 radical (unpaired) electrons. The Hall–Kier alpha value is 0. The first kappa shape index (κ1) is 3.20. The molecule has 0 bridgehead atoms. The molecule has 0 heterocycles. The fourth-order valence-corrected chi connectivity index (χ4v) is 0. The van der Waals surface area contributed by atoms with Gasteiger partial charge < -0.3 is 0 Å². The maximum atomic E-state index is 5.75. The number of hydrogen-bond donors (Lipinski definition) is 0. The van der Waals surface area contributed by atoms with Crippen LogP contribution < -0.4 is 0 Å². The molecule has 0 N–H and O–H groups in total. The summed E-state index contributed by atoms with van der Waals surface area (Å²) in [6, 6.07) is 0. The van der Waals surface area contributed by atoms with Gasteiger partial charge in [0.05, 0.1) is 0 Å². The largest absolute Gasteiger partial charge is 0.0776 e. The number of hydrogen-bond acceptors (Lipinski definition) is 0. The molecule has 0 nitrogen and oxygen atoms in total. The lowest BCUT2D eigenvalue weighted by Gasteiger charge is -0.0786. The lowest BCUT2D eigenvalue weighted by molar-refractivity contribution is 2.50. The molecule has 5 heavy (non-hydrogen) atoms. The lowest BCUT2D eigenvalue weighted by atomic mass is 12.0. The van der Waals surface area contributed by atoms with Gasteiger partial charge in [0.15, 0.2) is 0 Å². The Morgan fingerprint density at radius 2 is 0.600 bits per heavy atom. The monoisotopic (exact) mass is 85.2 g/mol. The molecule has 0 aliphatic heterocycles. The summed E-state index contributed by atoms with van der Waals surface area (Å²) >= 11 is 0. The second-order valence-electron chi connectivity index (χ2n) is 0. The molecular weight excluding hydrogens is 60.1 g/mol. The highest BCUT2D eigenvalue weighted by Gasteiger charge is -0.0736. The van der Waals surface area contributed by atoms with E-state index in [1.807, 2.05) is 0 Å². The van der Waals surface area contributed by atoms with Crippen LogP contribution >= 0.6 is 0 Å². The van der Waals surface area contributed by atoms with Gasteiger partial charge in [0.2, 0.25) is 0 Å². The maximum Gasteiger partial charge on any atom is 0.0194 e. The van der Waals surface area contributed by atoms with Crippen LogP contribution in [0.25, 0.3) is 0 Å². The van der Waals surface area contributed by atoms with E-state index in [0.29, 0.717) is 0 Å². The molecule has 0 saturated heterocycles. The Kier molecular flexibility index (Phi) is 0. The minimum Gasteiger partial charge on any atom is -0.0776 e. The van der Waals surface area contributed by atoms with E-state index in [9.17, 15) is 0 Å². The van der Waals surface area contributed by atoms with E-state index in [4.69, 9.17) is 6.85 Å². The Labute approximate surface area is 45.2 Å². The normalized spacial score (nSPS) is 7.00. The summed E-state index contributed by atoms with van der Waals surface area (Å²) in [5.74, 6) is 0. The smallest absolute Gasteiger partial charge is 0.0194 e. The van der Waals surface area contributed by atoms with Crippen LogP contribution in [0, 0.1) is 0 Å². The lowest BCUT2D eigenvalue weighted by Crippen LogP contribution is 0.143. The molecule has 0 aromatic carbocycles. The van der Waals surface area contributed by atoms with Gasteiger partial charge in [-0.3, -0.25) is 0 Å². The highest BCUT2D eigenvalue weighted by Crippen LogP contribution is 0.148. The van der Waals surface area contributed by atoms with Crippen LogP contribution in [-0.4, -0.2) is 0 Å². The molecule has 0 amide bonds. The van der Waals surface area contributed by atoms with Gasteiger partial charge in [0.25, 0.3) is 0 Å². The second-order valence-corrected chi connectivity index (χ2v) is 0. The predicted molar refractivity (Wildman–Crippen MR) is 33.7 cm³/mol. The van der Waals surface area contributed by atoms with Gasteiger partial charge in [-0.15, -0.1) is 0 Å². The van der Waals surface area contributed by atoms with Crippen molar-refractivity contribution >= 4 is 0 Å². The van der Waals surface area contributed by atoms with Crippen molar-refractivity contribution in [2.75, 3.05) is 0 Å². The van der Waals surface area contributed by atoms with Crippen molar-refractivity contribution in [3.8, 4) is 0 Å². The summed E-state index contributed by atoms with van der Waals surface area (Å²) < 4.78 is 28.8. The molecule has 0 heteroatoms. The maximum absolute atomic E-state index is 5.75. The Balaban J connectivity index is -0.0000000104. The SMILES string of the molecule is [2H]C.[2H]C.[2H]C.[2H]C.[2H]C. The van der Waals surface area contributed by atoms with Gasteiger partial charge in [0, 0.05) is 6.85 Å². The molecule has 0 rings (SSSR count). The summed E-state index contributed by atoms with van der Waals surface area (Å²) in [6.45, 7) is 0. The van der Waals surface area contributed by atoms with Crippen molar-refractivity contribution in [2.24, 2.45) is 0 Å². The van der Waals surface area contributed by atoms with Gasteiger partial charge in [-0.1, -0.05) is 37.0 Å². The van der Waals surface area contributed by atoms with Crippen LogP contribution in [0.5, 0.6) is 0 Å². The van der Waals surface area contributed by atoms with Crippen LogP contribution in [0.1, 0.15) is 43.9 Å². The highest BCUT2D eigenvalue weighted by atomic mass is 12.0. The van der Waals surface area contributed by atoms with Crippen LogP contribution in [0.2, 0.25) is 0 Å². The third-order valence-corrected chi connectivity index (χ3v) is 0. The van der Waals surface area contributed by atoms with Gasteiger partial charge >= 0.3 is 0 Å². The zero-order valence-electron chi connectivity index (χ0n) is 10.0. The van der Waals surface area contributed by atoms with Gasteiger partial charge in [-0.05, 0) is 0 Å². The first-order chi connectivity index (χ1) is 5.00. The summed E-state index contributed by atoms with van der Waals surface area (Å²) in [7, 11) is 6.25. The Morgan fingerprint density at radius 1 is 0.600 bits per heavy atom. The zero-order chi connectivity index (χ0) is 10.0. The number of rotatable bonds is 0. The van der Waals surface area contributed by atoms with Crippen LogP contribution in [0.3, 0.4) is 0 Å². The van der Waals surface area contributed by atoms with Crippen molar-refractivity contribution in [1.29, 1.82) is 0 Å². The molecule has 0 aliphatic rings. The van der Waals surface area contributed by atoms with Gasteiger partial charge in [0.1, 0.15) is 0 Å². The fourth-order valence-electron chi connectivity index (χ4n) is 0. The Bertz CT molecular complexity index is 10.0. The summed E-state index contributed by atoms with van der Waals surface area (Å²) in [6.07, 6.45) is 0. The standard InChI is InChI=1S/5CH4/h5*1H4/i5*1D. The van der Waals surface area contributed by atoms with Gasteiger partial charge in [-0.2, -0.15) is 0 Å². The van der Waals surface area contributed by atoms with E-state index in [2.05, 4.69) is 0 Å². The van der Waals surface area contributed by atoms with E-state index in [1.165, 1.54) is 37.0 Å². The van der Waals surface area contributed by atoms with Gasteiger partial charge in [-0.25, -0.2) is 0 Å². The Morgan fingerprint density at radius 3 is 0.600 bits per heavy atom. The fraction of sp³-hybridized carbons (Fsp3) is 1.00. The van der Waals surface area contributed by atoms with E-state index >= 15 is 0 Å². The minimum absolute atomic E-state index is 1.25. The molecule has 0 atom stereocenters. The van der Waals surface area contributed by atoms with Crippen molar-refractivity contribution in [3.05, 3.63) is 0 Å².